The van der Waals surface area contributed by atoms with Crippen LogP contribution in [0.2, 0.25) is 0 Å². The molecule has 3 aliphatic rings. The second-order valence-electron chi connectivity index (χ2n) is 9.79. The maximum Gasteiger partial charge on any atom is 0.337 e. The fourth-order valence-electron chi connectivity index (χ4n) is 5.61. The number of aliphatic hydroxyl groups is 1. The number of esters is 1. The first-order valence-corrected chi connectivity index (χ1v) is 12.7. The number of methoxy groups -OCH3 is 2. The van der Waals surface area contributed by atoms with Gasteiger partial charge in [-0.1, -0.05) is 50.0 Å². The molecule has 0 radical (unpaired) electrons. The average Bonchev–Trinajstić information content (AvgIpc) is 2.79. The van der Waals surface area contributed by atoms with Gasteiger partial charge in [-0.25, -0.2) is 4.79 Å². The molecular formula is C29H37ClO4. The largest absolute Gasteiger partial charge is 0.511 e. The van der Waals surface area contributed by atoms with Crippen LogP contribution in [0.15, 0.2) is 58.6 Å². The summed E-state index contributed by atoms with van der Waals surface area (Å²) >= 11 is 6.55. The highest BCUT2D eigenvalue weighted by molar-refractivity contribution is 6.20. The zero-order chi connectivity index (χ0) is 24.8. The first-order valence-electron chi connectivity index (χ1n) is 12.2. The fraction of sp³-hybridized carbons (Fsp3) is 0.552. The first-order chi connectivity index (χ1) is 16.3. The van der Waals surface area contributed by atoms with E-state index in [1.165, 1.54) is 12.7 Å². The average molecular weight is 485 g/mol. The number of hydrogen-bond donors (Lipinski definition) is 1. The molecule has 0 spiro atoms. The van der Waals surface area contributed by atoms with Crippen molar-refractivity contribution in [2.75, 3.05) is 14.2 Å². The molecule has 2 saturated carbocycles. The Balaban J connectivity index is 1.85. The lowest BCUT2D eigenvalue weighted by Gasteiger charge is -2.43. The molecule has 0 aliphatic heterocycles. The van der Waals surface area contributed by atoms with Crippen LogP contribution in [-0.2, 0) is 14.3 Å². The molecule has 0 amide bonds. The molecular weight excluding hydrogens is 448 g/mol. The van der Waals surface area contributed by atoms with Gasteiger partial charge >= 0.3 is 5.97 Å². The van der Waals surface area contributed by atoms with Crippen molar-refractivity contribution in [1.82, 2.24) is 0 Å². The van der Waals surface area contributed by atoms with Crippen LogP contribution < -0.4 is 0 Å². The fourth-order valence-corrected chi connectivity index (χ4v) is 6.04. The van der Waals surface area contributed by atoms with Crippen molar-refractivity contribution in [2.24, 2.45) is 29.6 Å². The van der Waals surface area contributed by atoms with Gasteiger partial charge in [0.15, 0.2) is 0 Å². The van der Waals surface area contributed by atoms with E-state index in [0.29, 0.717) is 35.3 Å². The van der Waals surface area contributed by atoms with E-state index < -0.39 is 0 Å². The molecule has 3 rings (SSSR count). The molecule has 4 nitrogen and oxygen atoms in total. The van der Waals surface area contributed by atoms with E-state index in [2.05, 4.69) is 18.8 Å². The van der Waals surface area contributed by atoms with E-state index in [4.69, 9.17) is 21.1 Å². The number of carbonyl (C=O) groups is 1. The van der Waals surface area contributed by atoms with Gasteiger partial charge in [0.25, 0.3) is 0 Å². The Morgan fingerprint density at radius 1 is 1.18 bits per heavy atom. The van der Waals surface area contributed by atoms with Crippen molar-refractivity contribution in [3.05, 3.63) is 58.6 Å². The van der Waals surface area contributed by atoms with Crippen LogP contribution in [0.4, 0.5) is 0 Å². The van der Waals surface area contributed by atoms with Gasteiger partial charge in [-0.15, -0.1) is 11.6 Å². The number of alkyl halides is 1. The highest BCUT2D eigenvalue weighted by Gasteiger charge is 2.40. The minimum absolute atomic E-state index is 0.0541. The third-order valence-electron chi connectivity index (χ3n) is 7.16. The van der Waals surface area contributed by atoms with Crippen molar-refractivity contribution < 1.29 is 19.4 Å². The topological polar surface area (TPSA) is 55.8 Å². The Kier molecular flexibility index (Phi) is 9.14. The monoisotopic (exact) mass is 484 g/mol. The number of allylic oxidation sites excluding steroid dienone is 6. The van der Waals surface area contributed by atoms with Crippen LogP contribution in [0, 0.1) is 41.4 Å². The summed E-state index contributed by atoms with van der Waals surface area (Å²) < 4.78 is 10.7. The molecule has 0 heterocycles. The molecule has 1 N–H and O–H groups in total. The SMILES string of the molecule is C/C=C\C(C#CC1C=CC(C(=O)OC)=CC1C)=C(\O)CC(OC)=C1C2CC(C)CC1CC(Cl)C2. The van der Waals surface area contributed by atoms with Crippen LogP contribution in [0.3, 0.4) is 0 Å². The molecule has 2 fully saturated rings. The van der Waals surface area contributed by atoms with Gasteiger partial charge in [0.1, 0.15) is 11.5 Å². The minimum atomic E-state index is -0.343. The Morgan fingerprint density at radius 2 is 1.85 bits per heavy atom. The lowest BCUT2D eigenvalue weighted by atomic mass is 9.64. The van der Waals surface area contributed by atoms with Gasteiger partial charge in [-0.2, -0.15) is 0 Å². The maximum atomic E-state index is 11.8. The second-order valence-corrected chi connectivity index (χ2v) is 10.4. The predicted octanol–water partition coefficient (Wildman–Crippen LogP) is 6.65. The van der Waals surface area contributed by atoms with Gasteiger partial charge in [-0.3, -0.25) is 0 Å². The van der Waals surface area contributed by atoms with Crippen LogP contribution in [0.1, 0.15) is 52.9 Å². The molecule has 0 aromatic rings. The van der Waals surface area contributed by atoms with Crippen LogP contribution in [-0.4, -0.2) is 30.7 Å². The molecule has 5 heteroatoms. The number of hydrogen-bond acceptors (Lipinski definition) is 4. The molecule has 34 heavy (non-hydrogen) atoms. The van der Waals surface area contributed by atoms with Gasteiger partial charge in [0, 0.05) is 11.3 Å². The summed E-state index contributed by atoms with van der Waals surface area (Å²) in [5, 5.41) is 11.3. The van der Waals surface area contributed by atoms with E-state index in [1.54, 1.807) is 13.2 Å². The zero-order valence-electron chi connectivity index (χ0n) is 20.9. The summed E-state index contributed by atoms with van der Waals surface area (Å²) in [4.78, 5) is 11.8. The van der Waals surface area contributed by atoms with Gasteiger partial charge in [0.05, 0.1) is 31.8 Å². The van der Waals surface area contributed by atoms with Crippen LogP contribution in [0.5, 0.6) is 0 Å². The molecule has 0 aromatic carbocycles. The second kappa shape index (κ2) is 11.8. The van der Waals surface area contributed by atoms with E-state index in [-0.39, 0.29) is 28.9 Å². The van der Waals surface area contributed by atoms with Crippen molar-refractivity contribution >= 4 is 17.6 Å². The van der Waals surface area contributed by atoms with E-state index in [0.717, 1.165) is 31.4 Å². The number of fused-ring (bicyclic) bond motifs is 2. The molecule has 0 aromatic heterocycles. The van der Waals surface area contributed by atoms with E-state index >= 15 is 0 Å². The third kappa shape index (κ3) is 6.19. The van der Waals surface area contributed by atoms with E-state index in [1.807, 2.05) is 38.2 Å². The Hall–Kier alpha value is -2.38. The Morgan fingerprint density at radius 3 is 2.41 bits per heavy atom. The van der Waals surface area contributed by atoms with Crippen molar-refractivity contribution in [3.63, 3.8) is 0 Å². The van der Waals surface area contributed by atoms with Gasteiger partial charge < -0.3 is 14.6 Å². The highest BCUT2D eigenvalue weighted by atomic mass is 35.5. The molecule has 3 aliphatic carbocycles. The zero-order valence-corrected chi connectivity index (χ0v) is 21.7. The number of ether oxygens (including phenoxy) is 2. The smallest absolute Gasteiger partial charge is 0.337 e. The molecule has 4 unspecified atom stereocenters. The van der Waals surface area contributed by atoms with Gasteiger partial charge in [0.2, 0.25) is 0 Å². The predicted molar refractivity (Wildman–Crippen MR) is 137 cm³/mol. The molecule has 2 bridgehead atoms. The summed E-state index contributed by atoms with van der Waals surface area (Å²) in [6.07, 6.45) is 13.8. The summed E-state index contributed by atoms with van der Waals surface area (Å²) in [5.41, 5.74) is 2.48. The summed E-state index contributed by atoms with van der Waals surface area (Å²) in [7, 11) is 3.07. The van der Waals surface area contributed by atoms with Crippen LogP contribution >= 0.6 is 11.6 Å². The maximum absolute atomic E-state index is 11.8. The van der Waals surface area contributed by atoms with Crippen molar-refractivity contribution in [2.45, 2.75) is 58.3 Å². The number of carbonyl (C=O) groups excluding carboxylic acids is 1. The Labute approximate surface area is 209 Å². The number of aliphatic hydroxyl groups excluding tert-OH is 1. The standard InChI is InChI=1S/C29H37ClO4/c1-6-7-21(10-8-20-9-11-22(14-19(20)3)29(32)34-5)26(31)17-27(33-4)28-23-12-18(2)13-24(28)16-25(30)15-23/h6-7,9,11,14,18-20,23-25,31H,12-13,15-17H2,1-5H3/b7-6-,26-21-,28-27?. The lowest BCUT2D eigenvalue weighted by molar-refractivity contribution is -0.135. The van der Waals surface area contributed by atoms with Crippen molar-refractivity contribution in [3.8, 4) is 11.8 Å². The highest BCUT2D eigenvalue weighted by Crippen LogP contribution is 2.49. The summed E-state index contributed by atoms with van der Waals surface area (Å²) in [6, 6.07) is 0. The number of rotatable bonds is 5. The lowest BCUT2D eigenvalue weighted by Crippen LogP contribution is -2.34. The summed E-state index contributed by atoms with van der Waals surface area (Å²) in [5.74, 6) is 8.71. The Bertz CT molecular complexity index is 955. The number of halogens is 1. The molecule has 0 saturated heterocycles. The van der Waals surface area contributed by atoms with Crippen LogP contribution in [0.25, 0.3) is 0 Å². The van der Waals surface area contributed by atoms with E-state index in [9.17, 15) is 9.90 Å². The normalized spacial score (nSPS) is 31.2. The third-order valence-corrected chi connectivity index (χ3v) is 7.52. The van der Waals surface area contributed by atoms with Crippen molar-refractivity contribution in [1.29, 1.82) is 0 Å². The van der Waals surface area contributed by atoms with Gasteiger partial charge in [-0.05, 0) is 67.9 Å². The molecule has 4 atom stereocenters. The molecule has 184 valence electrons. The minimum Gasteiger partial charge on any atom is -0.511 e. The quantitative estimate of drug-likeness (QED) is 0.156. The first kappa shape index (κ1) is 26.2. The summed E-state index contributed by atoms with van der Waals surface area (Å²) in [6.45, 7) is 6.25.